The summed E-state index contributed by atoms with van der Waals surface area (Å²) in [6, 6.07) is 6.08. The number of hydrogen-bond acceptors (Lipinski definition) is 3. The molecule has 0 saturated heterocycles. The minimum atomic E-state index is -3.28. The first-order valence-electron chi connectivity index (χ1n) is 4.95. The Kier molecular flexibility index (Phi) is 4.85. The van der Waals surface area contributed by atoms with E-state index in [2.05, 4.69) is 4.72 Å². The van der Waals surface area contributed by atoms with Crippen LogP contribution < -0.4 is 10.5 Å². The second kappa shape index (κ2) is 5.93. The molecule has 0 unspecified atom stereocenters. The molecule has 0 aliphatic rings. The van der Waals surface area contributed by atoms with Crippen molar-refractivity contribution in [1.29, 1.82) is 0 Å². The average Bonchev–Trinajstić information content (AvgIpc) is 2.17. The van der Waals surface area contributed by atoms with Crippen LogP contribution in [0.4, 0.5) is 4.39 Å². The van der Waals surface area contributed by atoms with Crippen LogP contribution in [-0.2, 0) is 16.4 Å². The monoisotopic (exact) mass is 246 g/mol. The van der Waals surface area contributed by atoms with Gasteiger partial charge in [0.15, 0.2) is 0 Å². The van der Waals surface area contributed by atoms with E-state index < -0.39 is 10.0 Å². The lowest BCUT2D eigenvalue weighted by molar-refractivity contribution is 0.581. The second-order valence-electron chi connectivity index (χ2n) is 3.38. The Morgan fingerprint density at radius 2 is 2.12 bits per heavy atom. The summed E-state index contributed by atoms with van der Waals surface area (Å²) >= 11 is 0. The van der Waals surface area contributed by atoms with Crippen molar-refractivity contribution >= 4 is 10.0 Å². The van der Waals surface area contributed by atoms with Crippen molar-refractivity contribution in [3.63, 3.8) is 0 Å². The van der Waals surface area contributed by atoms with Crippen molar-refractivity contribution in [3.8, 4) is 0 Å². The fourth-order valence-electron chi connectivity index (χ4n) is 1.27. The highest BCUT2D eigenvalue weighted by Crippen LogP contribution is 2.03. The predicted octanol–water partition coefficient (Wildman–Crippen LogP) is 0.246. The largest absolute Gasteiger partial charge is 0.329 e. The molecule has 1 aromatic rings. The van der Waals surface area contributed by atoms with Crippen molar-refractivity contribution in [3.05, 3.63) is 35.6 Å². The Labute approximate surface area is 94.7 Å². The van der Waals surface area contributed by atoms with Crippen LogP contribution in [0, 0.1) is 5.82 Å². The molecule has 6 heteroatoms. The van der Waals surface area contributed by atoms with E-state index in [1.54, 1.807) is 12.1 Å². The molecule has 0 amide bonds. The quantitative estimate of drug-likeness (QED) is 0.755. The summed E-state index contributed by atoms with van der Waals surface area (Å²) in [5.74, 6) is -0.404. The molecule has 0 radical (unpaired) electrons. The zero-order valence-electron chi connectivity index (χ0n) is 8.82. The van der Waals surface area contributed by atoms with Gasteiger partial charge in [-0.15, -0.1) is 0 Å². The first-order chi connectivity index (χ1) is 7.53. The third-order valence-corrected chi connectivity index (χ3v) is 3.43. The Hall–Kier alpha value is -0.980. The minimum absolute atomic E-state index is 0.0872. The van der Waals surface area contributed by atoms with Crippen molar-refractivity contribution in [1.82, 2.24) is 4.72 Å². The number of rotatable bonds is 6. The van der Waals surface area contributed by atoms with Crippen LogP contribution in [-0.4, -0.2) is 27.3 Å². The molecule has 16 heavy (non-hydrogen) atoms. The molecule has 0 aliphatic carbocycles. The lowest BCUT2D eigenvalue weighted by atomic mass is 10.1. The molecule has 1 aromatic carbocycles. The summed E-state index contributed by atoms with van der Waals surface area (Å²) in [5, 5.41) is 0. The molecule has 4 nitrogen and oxygen atoms in total. The summed E-state index contributed by atoms with van der Waals surface area (Å²) in [6.45, 7) is 0.348. The van der Waals surface area contributed by atoms with E-state index in [1.165, 1.54) is 12.1 Å². The average molecular weight is 246 g/mol. The fraction of sp³-hybridized carbons (Fsp3) is 0.400. The fourth-order valence-corrected chi connectivity index (χ4v) is 2.14. The Morgan fingerprint density at radius 1 is 1.38 bits per heavy atom. The predicted molar refractivity (Wildman–Crippen MR) is 60.9 cm³/mol. The second-order valence-corrected chi connectivity index (χ2v) is 5.31. The molecule has 1 rings (SSSR count). The van der Waals surface area contributed by atoms with Crippen LogP contribution >= 0.6 is 0 Å². The van der Waals surface area contributed by atoms with E-state index in [0.29, 0.717) is 6.42 Å². The number of benzene rings is 1. The van der Waals surface area contributed by atoms with E-state index in [9.17, 15) is 12.8 Å². The highest BCUT2D eigenvalue weighted by atomic mass is 32.2. The first kappa shape index (κ1) is 13.1. The summed E-state index contributed by atoms with van der Waals surface area (Å²) in [5.41, 5.74) is 5.91. The molecule has 0 aromatic heterocycles. The summed E-state index contributed by atoms with van der Waals surface area (Å²) in [6.07, 6.45) is 0.460. The maximum atomic E-state index is 12.8. The van der Waals surface area contributed by atoms with Gasteiger partial charge in [-0.2, -0.15) is 0 Å². The maximum Gasteiger partial charge on any atom is 0.212 e. The van der Waals surface area contributed by atoms with Crippen LogP contribution in [0.25, 0.3) is 0 Å². The summed E-state index contributed by atoms with van der Waals surface area (Å²) in [7, 11) is -3.28. The molecule has 90 valence electrons. The lowest BCUT2D eigenvalue weighted by Crippen LogP contribution is -2.31. The van der Waals surface area contributed by atoms with Crippen LogP contribution in [0.2, 0.25) is 0 Å². The number of sulfonamides is 1. The van der Waals surface area contributed by atoms with E-state index in [-0.39, 0.29) is 24.7 Å². The first-order valence-corrected chi connectivity index (χ1v) is 6.60. The lowest BCUT2D eigenvalue weighted by Gasteiger charge is -2.05. The standard InChI is InChI=1S/C10H15FN2O2S/c11-10-3-1-2-9(8-10)4-6-13-16(14,15)7-5-12/h1-3,8,13H,4-7,12H2. The van der Waals surface area contributed by atoms with Gasteiger partial charge in [0.2, 0.25) is 10.0 Å². The highest BCUT2D eigenvalue weighted by Gasteiger charge is 2.07. The van der Waals surface area contributed by atoms with Gasteiger partial charge in [0.25, 0.3) is 0 Å². The SMILES string of the molecule is NCCS(=O)(=O)NCCc1cccc(F)c1. The molecule has 0 saturated carbocycles. The normalized spacial score (nSPS) is 11.6. The Balaban J connectivity index is 2.42. The van der Waals surface area contributed by atoms with Gasteiger partial charge in [0.1, 0.15) is 5.82 Å². The van der Waals surface area contributed by atoms with Gasteiger partial charge in [-0.3, -0.25) is 0 Å². The van der Waals surface area contributed by atoms with E-state index >= 15 is 0 Å². The third kappa shape index (κ3) is 4.69. The molecular weight excluding hydrogens is 231 g/mol. The van der Waals surface area contributed by atoms with Crippen molar-refractivity contribution < 1.29 is 12.8 Å². The molecule has 0 bridgehead atoms. The minimum Gasteiger partial charge on any atom is -0.329 e. The van der Waals surface area contributed by atoms with Gasteiger partial charge in [0, 0.05) is 13.1 Å². The van der Waals surface area contributed by atoms with Crippen molar-refractivity contribution in [2.24, 2.45) is 5.73 Å². The highest BCUT2D eigenvalue weighted by molar-refractivity contribution is 7.89. The van der Waals surface area contributed by atoms with E-state index in [0.717, 1.165) is 5.56 Å². The van der Waals surface area contributed by atoms with Crippen LogP contribution in [0.15, 0.2) is 24.3 Å². The zero-order valence-corrected chi connectivity index (χ0v) is 9.63. The molecular formula is C10H15FN2O2S. The van der Waals surface area contributed by atoms with Crippen LogP contribution in [0.1, 0.15) is 5.56 Å². The van der Waals surface area contributed by atoms with Gasteiger partial charge in [-0.1, -0.05) is 12.1 Å². The third-order valence-electron chi connectivity index (χ3n) is 2.01. The molecule has 0 fully saturated rings. The van der Waals surface area contributed by atoms with Crippen LogP contribution in [0.3, 0.4) is 0 Å². The van der Waals surface area contributed by atoms with Gasteiger partial charge < -0.3 is 5.73 Å². The number of nitrogens with one attached hydrogen (secondary N) is 1. The maximum absolute atomic E-state index is 12.8. The van der Waals surface area contributed by atoms with E-state index in [4.69, 9.17) is 5.73 Å². The van der Waals surface area contributed by atoms with Gasteiger partial charge in [0.05, 0.1) is 5.75 Å². The molecule has 0 spiro atoms. The molecule has 3 N–H and O–H groups in total. The van der Waals surface area contributed by atoms with Crippen LogP contribution in [0.5, 0.6) is 0 Å². The van der Waals surface area contributed by atoms with Crippen molar-refractivity contribution in [2.75, 3.05) is 18.8 Å². The Morgan fingerprint density at radius 3 is 2.75 bits per heavy atom. The summed E-state index contributed by atoms with van der Waals surface area (Å²) in [4.78, 5) is 0. The Bertz CT molecular complexity index is 434. The molecule has 0 heterocycles. The number of nitrogens with two attached hydrogens (primary N) is 1. The topological polar surface area (TPSA) is 72.2 Å². The molecule has 0 atom stereocenters. The van der Waals surface area contributed by atoms with Gasteiger partial charge in [-0.25, -0.2) is 17.5 Å². The zero-order chi connectivity index (χ0) is 12.0. The van der Waals surface area contributed by atoms with Gasteiger partial charge in [-0.05, 0) is 24.1 Å². The number of halogens is 1. The van der Waals surface area contributed by atoms with E-state index in [1.807, 2.05) is 0 Å². The molecule has 0 aliphatic heterocycles. The van der Waals surface area contributed by atoms with Gasteiger partial charge >= 0.3 is 0 Å². The summed E-state index contributed by atoms with van der Waals surface area (Å²) < 4.78 is 37.6. The number of hydrogen-bond donors (Lipinski definition) is 2. The van der Waals surface area contributed by atoms with Crippen molar-refractivity contribution in [2.45, 2.75) is 6.42 Å². The smallest absolute Gasteiger partial charge is 0.212 e.